The van der Waals surface area contributed by atoms with Crippen molar-refractivity contribution in [1.29, 1.82) is 0 Å². The topological polar surface area (TPSA) is 164 Å². The normalized spacial score (nSPS) is 10.2. The van der Waals surface area contributed by atoms with Gasteiger partial charge < -0.3 is 30.2 Å². The molecule has 0 aromatic heterocycles. The zero-order valence-corrected chi connectivity index (χ0v) is 19.4. The summed E-state index contributed by atoms with van der Waals surface area (Å²) < 4.78 is 15.9. The molecule has 3 amide bonds. The van der Waals surface area contributed by atoms with E-state index in [0.29, 0.717) is 38.7 Å². The number of rotatable bonds is 17. The van der Waals surface area contributed by atoms with E-state index < -0.39 is 11.8 Å². The number of alkyl halides is 2. The quantitative estimate of drug-likeness (QED) is 0.0965. The number of hydrogen-bond acceptors (Lipinski definition) is 7. The van der Waals surface area contributed by atoms with E-state index in [1.54, 1.807) is 0 Å². The molecule has 1 aromatic rings. The van der Waals surface area contributed by atoms with Crippen LogP contribution in [0.15, 0.2) is 23.3 Å². The van der Waals surface area contributed by atoms with E-state index in [-0.39, 0.29) is 48.6 Å². The van der Waals surface area contributed by atoms with Gasteiger partial charge in [-0.1, -0.05) is 5.11 Å². The summed E-state index contributed by atoms with van der Waals surface area (Å²) in [4.78, 5) is 38.2. The molecule has 14 heteroatoms. The van der Waals surface area contributed by atoms with Crippen molar-refractivity contribution >= 4 is 52.3 Å². The Labute approximate surface area is 200 Å². The van der Waals surface area contributed by atoms with E-state index >= 15 is 0 Å². The van der Waals surface area contributed by atoms with Crippen molar-refractivity contribution in [2.24, 2.45) is 5.11 Å². The number of ether oxygens (including phenoxy) is 3. The van der Waals surface area contributed by atoms with Crippen LogP contribution in [0.3, 0.4) is 0 Å². The van der Waals surface area contributed by atoms with Gasteiger partial charge in [-0.25, -0.2) is 0 Å². The van der Waals surface area contributed by atoms with Crippen LogP contribution in [0, 0.1) is 0 Å². The highest BCUT2D eigenvalue weighted by atomic mass is 35.5. The summed E-state index contributed by atoms with van der Waals surface area (Å²) in [5, 5.41) is 11.1. The Bertz CT molecular complexity index is 822. The molecular formula is C19H26Cl2N6O6. The van der Waals surface area contributed by atoms with Gasteiger partial charge >= 0.3 is 0 Å². The maximum absolute atomic E-state index is 12.4. The molecule has 0 aliphatic rings. The van der Waals surface area contributed by atoms with Crippen molar-refractivity contribution in [3.63, 3.8) is 0 Å². The summed E-state index contributed by atoms with van der Waals surface area (Å²) in [7, 11) is 0. The second-order valence-electron chi connectivity index (χ2n) is 6.17. The zero-order chi connectivity index (χ0) is 24.3. The molecule has 0 aliphatic heterocycles. The molecular weight excluding hydrogens is 479 g/mol. The molecule has 0 bridgehead atoms. The maximum atomic E-state index is 12.4. The molecule has 33 heavy (non-hydrogen) atoms. The third-order valence-corrected chi connectivity index (χ3v) is 4.23. The minimum absolute atomic E-state index is 0.224. The van der Waals surface area contributed by atoms with Gasteiger partial charge in [0.05, 0.1) is 51.0 Å². The van der Waals surface area contributed by atoms with Gasteiger partial charge in [-0.2, -0.15) is 0 Å². The highest BCUT2D eigenvalue weighted by Gasteiger charge is 2.13. The van der Waals surface area contributed by atoms with Gasteiger partial charge in [-0.3, -0.25) is 14.4 Å². The van der Waals surface area contributed by atoms with E-state index in [1.165, 1.54) is 18.2 Å². The maximum Gasteiger partial charge on any atom is 0.251 e. The third-order valence-electron chi connectivity index (χ3n) is 3.75. The van der Waals surface area contributed by atoms with Crippen LogP contribution in [-0.4, -0.2) is 82.2 Å². The fraction of sp³-hybridized carbons (Fsp3) is 0.526. The van der Waals surface area contributed by atoms with Gasteiger partial charge in [0, 0.05) is 23.6 Å². The molecule has 182 valence electrons. The Hall–Kier alpha value is -2.60. The Morgan fingerprint density at radius 3 is 2.06 bits per heavy atom. The van der Waals surface area contributed by atoms with Gasteiger partial charge in [0.1, 0.15) is 11.8 Å². The Kier molecular flexibility index (Phi) is 15.4. The summed E-state index contributed by atoms with van der Waals surface area (Å²) in [6, 6.07) is 4.41. The highest BCUT2D eigenvalue weighted by Crippen LogP contribution is 2.23. The van der Waals surface area contributed by atoms with Gasteiger partial charge in [-0.05, 0) is 23.7 Å². The van der Waals surface area contributed by atoms with Crippen molar-refractivity contribution in [2.75, 3.05) is 75.1 Å². The third kappa shape index (κ3) is 12.9. The number of anilines is 2. The monoisotopic (exact) mass is 504 g/mol. The number of carbonyl (C=O) groups is 3. The number of hydrogen-bond donors (Lipinski definition) is 3. The molecule has 1 aromatic carbocycles. The first-order valence-electron chi connectivity index (χ1n) is 9.89. The van der Waals surface area contributed by atoms with E-state index in [1.807, 2.05) is 0 Å². The molecule has 0 aliphatic carbocycles. The number of azide groups is 1. The van der Waals surface area contributed by atoms with Gasteiger partial charge in [-0.15, -0.1) is 23.2 Å². The molecule has 1 rings (SSSR count). The first kappa shape index (κ1) is 28.4. The lowest BCUT2D eigenvalue weighted by molar-refractivity contribution is -0.114. The average molecular weight is 505 g/mol. The van der Waals surface area contributed by atoms with Gasteiger partial charge in [0.25, 0.3) is 5.91 Å². The SMILES string of the molecule is [N-]=[N+]=NCCOCCOCCOCCNC(=O)c1ccc(NC(=O)CCl)c(NC(=O)CCl)c1. The molecule has 12 nitrogen and oxygen atoms in total. The molecule has 0 atom stereocenters. The molecule has 0 unspecified atom stereocenters. The Morgan fingerprint density at radius 1 is 0.879 bits per heavy atom. The van der Waals surface area contributed by atoms with E-state index in [0.717, 1.165) is 0 Å². The van der Waals surface area contributed by atoms with Gasteiger partial charge in [0.15, 0.2) is 0 Å². The summed E-state index contributed by atoms with van der Waals surface area (Å²) in [5.74, 6) is -1.89. The lowest BCUT2D eigenvalue weighted by Crippen LogP contribution is -2.28. The van der Waals surface area contributed by atoms with Crippen molar-refractivity contribution in [1.82, 2.24) is 5.32 Å². The average Bonchev–Trinajstić information content (AvgIpc) is 2.82. The standard InChI is InChI=1S/C19H26Cl2N6O6/c20-12-17(28)25-15-2-1-14(11-16(15)26-18(29)13-21)19(30)23-3-5-31-7-9-33-10-8-32-6-4-24-27-22/h1-2,11H,3-10,12-13H2,(H,23,30)(H,25,28)(H,26,29). The zero-order valence-electron chi connectivity index (χ0n) is 17.9. The fourth-order valence-corrected chi connectivity index (χ4v) is 2.43. The number of carbonyl (C=O) groups excluding carboxylic acids is 3. The predicted molar refractivity (Wildman–Crippen MR) is 124 cm³/mol. The second kappa shape index (κ2) is 17.9. The molecule has 0 spiro atoms. The lowest BCUT2D eigenvalue weighted by Gasteiger charge is -2.13. The Balaban J connectivity index is 2.33. The number of amides is 3. The van der Waals surface area contributed by atoms with Crippen LogP contribution >= 0.6 is 23.2 Å². The van der Waals surface area contributed by atoms with Crippen LogP contribution in [0.4, 0.5) is 11.4 Å². The van der Waals surface area contributed by atoms with Crippen LogP contribution < -0.4 is 16.0 Å². The minimum Gasteiger partial charge on any atom is -0.379 e. The van der Waals surface area contributed by atoms with Crippen molar-refractivity contribution in [3.8, 4) is 0 Å². The summed E-state index contributed by atoms with van der Waals surface area (Å²) in [6.45, 7) is 2.65. The van der Waals surface area contributed by atoms with Crippen LogP contribution in [0.2, 0.25) is 0 Å². The highest BCUT2D eigenvalue weighted by molar-refractivity contribution is 6.30. The van der Waals surface area contributed by atoms with Crippen LogP contribution in [0.5, 0.6) is 0 Å². The smallest absolute Gasteiger partial charge is 0.251 e. The Morgan fingerprint density at radius 2 is 1.45 bits per heavy atom. The first-order valence-corrected chi connectivity index (χ1v) is 11.0. The molecule has 0 saturated carbocycles. The summed E-state index contributed by atoms with van der Waals surface area (Å²) in [6.07, 6.45) is 0. The fourth-order valence-electron chi connectivity index (χ4n) is 2.30. The minimum atomic E-state index is -0.495. The first-order chi connectivity index (χ1) is 16.0. The van der Waals surface area contributed by atoms with Gasteiger partial charge in [0.2, 0.25) is 11.8 Å². The lowest BCUT2D eigenvalue weighted by atomic mass is 10.1. The van der Waals surface area contributed by atoms with Crippen molar-refractivity contribution in [3.05, 3.63) is 34.2 Å². The molecule has 0 saturated heterocycles. The van der Waals surface area contributed by atoms with Crippen molar-refractivity contribution in [2.45, 2.75) is 0 Å². The molecule has 0 fully saturated rings. The van der Waals surface area contributed by atoms with Crippen LogP contribution in [-0.2, 0) is 23.8 Å². The number of nitrogens with one attached hydrogen (secondary N) is 3. The van der Waals surface area contributed by atoms with E-state index in [2.05, 4.69) is 26.0 Å². The van der Waals surface area contributed by atoms with E-state index in [9.17, 15) is 14.4 Å². The number of benzene rings is 1. The predicted octanol–water partition coefficient (Wildman–Crippen LogP) is 2.13. The number of halogens is 2. The second-order valence-corrected chi connectivity index (χ2v) is 6.71. The van der Waals surface area contributed by atoms with E-state index in [4.69, 9.17) is 42.9 Å². The largest absolute Gasteiger partial charge is 0.379 e. The van der Waals surface area contributed by atoms with Crippen molar-refractivity contribution < 1.29 is 28.6 Å². The summed E-state index contributed by atoms with van der Waals surface area (Å²) in [5.41, 5.74) is 8.90. The molecule has 0 heterocycles. The van der Waals surface area contributed by atoms with Crippen LogP contribution in [0.25, 0.3) is 10.4 Å². The summed E-state index contributed by atoms with van der Waals surface area (Å²) >= 11 is 11.0. The molecule has 3 N–H and O–H groups in total. The molecule has 0 radical (unpaired) electrons. The van der Waals surface area contributed by atoms with Crippen LogP contribution in [0.1, 0.15) is 10.4 Å². The number of nitrogens with zero attached hydrogens (tertiary/aromatic N) is 3.